The summed E-state index contributed by atoms with van der Waals surface area (Å²) >= 11 is 0. The van der Waals surface area contributed by atoms with Gasteiger partial charge < -0.3 is 10.3 Å². The fraction of sp³-hybridized carbons (Fsp3) is 0.118. The highest BCUT2D eigenvalue weighted by Gasteiger charge is 2.04. The lowest BCUT2D eigenvalue weighted by atomic mass is 10.2. The SMILES string of the molecule is C/C(=C/C(C)=N/c1ccccc1)[NH+]([O-])c1ccccc1. The predicted octanol–water partition coefficient (Wildman–Crippen LogP) is 3.40. The Morgan fingerprint density at radius 2 is 1.50 bits per heavy atom. The van der Waals surface area contributed by atoms with E-state index in [1.54, 1.807) is 0 Å². The topological polar surface area (TPSA) is 39.9 Å². The number of para-hydroxylation sites is 2. The normalized spacial score (nSPS) is 14.2. The van der Waals surface area contributed by atoms with Gasteiger partial charge in [0.15, 0.2) is 0 Å². The predicted molar refractivity (Wildman–Crippen MR) is 83.4 cm³/mol. The van der Waals surface area contributed by atoms with E-state index in [4.69, 9.17) is 0 Å². The standard InChI is InChI=1S/C17H18N2O/c1-14(18-16-9-5-3-6-10-16)13-15(2)19(20)17-11-7-4-8-12-17/h3-13,19H,1-2H3/b15-13-,18-14+. The van der Waals surface area contributed by atoms with Gasteiger partial charge in [-0.15, -0.1) is 0 Å². The Bertz CT molecular complexity index is 603. The first-order chi connectivity index (χ1) is 9.66. The molecule has 0 bridgehead atoms. The molecule has 0 aromatic heterocycles. The molecule has 1 unspecified atom stereocenters. The molecule has 102 valence electrons. The highest BCUT2D eigenvalue weighted by molar-refractivity contribution is 5.94. The number of allylic oxidation sites excluding steroid dienone is 2. The molecule has 0 radical (unpaired) electrons. The Labute approximate surface area is 119 Å². The van der Waals surface area contributed by atoms with Gasteiger partial charge in [-0.2, -0.15) is 0 Å². The lowest BCUT2D eigenvalue weighted by molar-refractivity contribution is -0.730. The number of hydrogen-bond donors (Lipinski definition) is 1. The van der Waals surface area contributed by atoms with E-state index < -0.39 is 0 Å². The third-order valence-electron chi connectivity index (χ3n) is 2.88. The van der Waals surface area contributed by atoms with Gasteiger partial charge in [0.2, 0.25) is 0 Å². The van der Waals surface area contributed by atoms with E-state index in [2.05, 4.69) is 4.99 Å². The van der Waals surface area contributed by atoms with Gasteiger partial charge in [0, 0.05) is 18.7 Å². The van der Waals surface area contributed by atoms with E-state index >= 15 is 0 Å². The van der Waals surface area contributed by atoms with Crippen LogP contribution in [0.3, 0.4) is 0 Å². The second-order valence-corrected chi connectivity index (χ2v) is 4.61. The molecule has 0 aliphatic carbocycles. The molecule has 3 nitrogen and oxygen atoms in total. The van der Waals surface area contributed by atoms with Crippen LogP contribution in [-0.2, 0) is 0 Å². The summed E-state index contributed by atoms with van der Waals surface area (Å²) in [5, 5.41) is 12.2. The van der Waals surface area contributed by atoms with Gasteiger partial charge in [-0.3, -0.25) is 4.99 Å². The van der Waals surface area contributed by atoms with Gasteiger partial charge in [-0.05, 0) is 31.2 Å². The van der Waals surface area contributed by atoms with Gasteiger partial charge in [0.05, 0.1) is 5.69 Å². The summed E-state index contributed by atoms with van der Waals surface area (Å²) in [4.78, 5) is 4.46. The number of hydroxylamine groups is 1. The molecule has 1 atom stereocenters. The zero-order chi connectivity index (χ0) is 14.4. The Hall–Kier alpha value is -2.23. The van der Waals surface area contributed by atoms with Crippen molar-refractivity contribution in [3.8, 4) is 0 Å². The van der Waals surface area contributed by atoms with Crippen LogP contribution in [0.4, 0.5) is 11.4 Å². The Balaban J connectivity index is 2.16. The van der Waals surface area contributed by atoms with Crippen molar-refractivity contribution in [2.75, 3.05) is 0 Å². The first kappa shape index (κ1) is 14.2. The summed E-state index contributed by atoms with van der Waals surface area (Å²) in [6.07, 6.45) is 1.82. The first-order valence-electron chi connectivity index (χ1n) is 6.55. The van der Waals surface area contributed by atoms with Crippen LogP contribution >= 0.6 is 0 Å². The van der Waals surface area contributed by atoms with Crippen molar-refractivity contribution in [1.29, 1.82) is 0 Å². The summed E-state index contributed by atoms with van der Waals surface area (Å²) in [7, 11) is 0. The quantitative estimate of drug-likeness (QED) is 0.668. The molecule has 2 aromatic carbocycles. The van der Waals surface area contributed by atoms with Gasteiger partial charge >= 0.3 is 0 Å². The number of nitrogens with zero attached hydrogens (tertiary/aromatic N) is 1. The maximum atomic E-state index is 12.2. The van der Waals surface area contributed by atoms with E-state index in [0.717, 1.165) is 11.4 Å². The van der Waals surface area contributed by atoms with Crippen LogP contribution in [0.2, 0.25) is 0 Å². The van der Waals surface area contributed by atoms with Gasteiger partial charge in [-0.1, -0.05) is 36.4 Å². The zero-order valence-electron chi connectivity index (χ0n) is 11.7. The summed E-state index contributed by atoms with van der Waals surface area (Å²) in [6.45, 7) is 3.72. The molecule has 0 aliphatic rings. The zero-order valence-corrected chi connectivity index (χ0v) is 11.7. The summed E-state index contributed by atoms with van der Waals surface area (Å²) < 4.78 is 0. The second-order valence-electron chi connectivity index (χ2n) is 4.61. The maximum Gasteiger partial charge on any atom is 0.135 e. The highest BCUT2D eigenvalue weighted by Crippen LogP contribution is 2.10. The number of nitrogens with one attached hydrogen (secondary N) is 1. The third kappa shape index (κ3) is 3.88. The van der Waals surface area contributed by atoms with E-state index in [1.807, 2.05) is 80.6 Å². The number of benzene rings is 2. The minimum absolute atomic E-state index is 0.0354. The molecular weight excluding hydrogens is 248 g/mol. The molecule has 1 N–H and O–H groups in total. The van der Waals surface area contributed by atoms with Crippen LogP contribution in [-0.4, -0.2) is 5.71 Å². The molecule has 0 heterocycles. The molecule has 3 heteroatoms. The van der Waals surface area contributed by atoms with Crippen molar-refractivity contribution >= 4 is 17.1 Å². The van der Waals surface area contributed by atoms with Crippen LogP contribution < -0.4 is 5.06 Å². The second kappa shape index (κ2) is 6.80. The third-order valence-corrected chi connectivity index (χ3v) is 2.88. The fourth-order valence-electron chi connectivity index (χ4n) is 1.93. The van der Waals surface area contributed by atoms with Crippen molar-refractivity contribution in [1.82, 2.24) is 0 Å². The molecule has 2 rings (SSSR count). The molecule has 0 saturated carbocycles. The van der Waals surface area contributed by atoms with Gasteiger partial charge in [-0.25, -0.2) is 0 Å². The van der Waals surface area contributed by atoms with Crippen LogP contribution in [0.25, 0.3) is 0 Å². The van der Waals surface area contributed by atoms with Crippen molar-refractivity contribution in [3.63, 3.8) is 0 Å². The Morgan fingerprint density at radius 1 is 0.950 bits per heavy atom. The van der Waals surface area contributed by atoms with Crippen LogP contribution in [0.15, 0.2) is 77.4 Å². The number of aliphatic imine (C=N–C) groups is 1. The molecule has 20 heavy (non-hydrogen) atoms. The van der Waals surface area contributed by atoms with Crippen molar-refractivity contribution < 1.29 is 5.06 Å². The molecule has 2 aromatic rings. The Kier molecular flexibility index (Phi) is 4.82. The minimum Gasteiger partial charge on any atom is -0.624 e. The van der Waals surface area contributed by atoms with Gasteiger partial charge in [0.25, 0.3) is 0 Å². The van der Waals surface area contributed by atoms with E-state index in [9.17, 15) is 5.21 Å². The molecule has 0 spiro atoms. The lowest BCUT2D eigenvalue weighted by Gasteiger charge is -2.21. The van der Waals surface area contributed by atoms with Crippen molar-refractivity contribution in [3.05, 3.63) is 77.6 Å². The van der Waals surface area contributed by atoms with Crippen LogP contribution in [0.1, 0.15) is 13.8 Å². The smallest absolute Gasteiger partial charge is 0.135 e. The molecule has 0 aliphatic heterocycles. The maximum absolute atomic E-state index is 12.2. The van der Waals surface area contributed by atoms with E-state index in [0.29, 0.717) is 11.4 Å². The fourth-order valence-corrected chi connectivity index (χ4v) is 1.93. The van der Waals surface area contributed by atoms with Crippen LogP contribution in [0.5, 0.6) is 0 Å². The first-order valence-corrected chi connectivity index (χ1v) is 6.55. The van der Waals surface area contributed by atoms with E-state index in [-0.39, 0.29) is 5.06 Å². The molecule has 0 saturated heterocycles. The number of rotatable bonds is 4. The molecule has 0 fully saturated rings. The summed E-state index contributed by atoms with van der Waals surface area (Å²) in [5.74, 6) is 0. The highest BCUT2D eigenvalue weighted by atomic mass is 16.5. The summed E-state index contributed by atoms with van der Waals surface area (Å²) in [5.41, 5.74) is 3.10. The van der Waals surface area contributed by atoms with Crippen molar-refractivity contribution in [2.45, 2.75) is 13.8 Å². The number of quaternary nitrogens is 1. The number of hydrogen-bond acceptors (Lipinski definition) is 2. The largest absolute Gasteiger partial charge is 0.624 e. The van der Waals surface area contributed by atoms with E-state index in [1.165, 1.54) is 0 Å². The van der Waals surface area contributed by atoms with Crippen LogP contribution in [0, 0.1) is 5.21 Å². The van der Waals surface area contributed by atoms with Crippen molar-refractivity contribution in [2.24, 2.45) is 4.99 Å². The summed E-state index contributed by atoms with van der Waals surface area (Å²) in [6, 6.07) is 19.0. The van der Waals surface area contributed by atoms with Gasteiger partial charge in [0.1, 0.15) is 11.4 Å². The average molecular weight is 266 g/mol. The lowest BCUT2D eigenvalue weighted by Crippen LogP contribution is -2.99. The average Bonchev–Trinajstić information content (AvgIpc) is 2.48. The monoisotopic (exact) mass is 266 g/mol. The minimum atomic E-state index is 0.0354. The molecular formula is C17H18N2O. The molecule has 0 amide bonds. The Morgan fingerprint density at radius 3 is 2.10 bits per heavy atom.